The third kappa shape index (κ3) is 3.07. The van der Waals surface area contributed by atoms with Crippen molar-refractivity contribution < 1.29 is 4.79 Å². The lowest BCUT2D eigenvalue weighted by Gasteiger charge is -2.40. The van der Waals surface area contributed by atoms with Crippen molar-refractivity contribution in [1.82, 2.24) is 10.2 Å². The van der Waals surface area contributed by atoms with Crippen LogP contribution in [0.3, 0.4) is 0 Å². The molecule has 1 atom stereocenters. The maximum absolute atomic E-state index is 12.4. The van der Waals surface area contributed by atoms with Gasteiger partial charge >= 0.3 is 0 Å². The lowest BCUT2D eigenvalue weighted by Crippen LogP contribution is -2.54. The first kappa shape index (κ1) is 14.7. The summed E-state index contributed by atoms with van der Waals surface area (Å²) >= 11 is 1.95. The van der Waals surface area contributed by atoms with Crippen LogP contribution in [-0.4, -0.2) is 41.9 Å². The number of carbonyl (C=O) groups is 1. The summed E-state index contributed by atoms with van der Waals surface area (Å²) in [4.78, 5) is 14.5. The van der Waals surface area contributed by atoms with Crippen molar-refractivity contribution in [3.63, 3.8) is 0 Å². The lowest BCUT2D eigenvalue weighted by molar-refractivity contribution is -0.139. The summed E-state index contributed by atoms with van der Waals surface area (Å²) in [6, 6.07) is 10.7. The molecule has 2 saturated heterocycles. The second-order valence-corrected chi connectivity index (χ2v) is 6.04. The van der Waals surface area contributed by atoms with Crippen LogP contribution in [0.2, 0.25) is 0 Å². The van der Waals surface area contributed by atoms with Gasteiger partial charge in [-0.25, -0.2) is 0 Å². The van der Waals surface area contributed by atoms with Gasteiger partial charge in [-0.2, -0.15) is 11.8 Å². The molecule has 0 spiro atoms. The van der Waals surface area contributed by atoms with E-state index in [-0.39, 0.29) is 24.4 Å². The molecule has 2 aliphatic rings. The molecule has 0 aromatic heterocycles. The first-order valence-electron chi connectivity index (χ1n) is 6.50. The number of hydrogen-bond acceptors (Lipinski definition) is 3. The summed E-state index contributed by atoms with van der Waals surface area (Å²) < 4.78 is 0. The molecule has 0 bridgehead atoms. The molecule has 1 unspecified atom stereocenters. The maximum Gasteiger partial charge on any atom is 0.228 e. The Balaban J connectivity index is 0.00000133. The van der Waals surface area contributed by atoms with Crippen LogP contribution < -0.4 is 5.32 Å². The molecule has 0 aliphatic carbocycles. The summed E-state index contributed by atoms with van der Waals surface area (Å²) in [5.41, 5.74) is 1.27. The van der Waals surface area contributed by atoms with Gasteiger partial charge in [0.1, 0.15) is 0 Å². The molecule has 2 aliphatic heterocycles. The number of benzene rings is 1. The average molecular weight is 299 g/mol. The zero-order chi connectivity index (χ0) is 12.4. The van der Waals surface area contributed by atoms with Crippen LogP contribution in [0, 0.1) is 5.92 Å². The molecule has 1 aromatic rings. The highest BCUT2D eigenvalue weighted by Crippen LogP contribution is 2.31. The fraction of sp³-hybridized carbons (Fsp3) is 0.500. The van der Waals surface area contributed by atoms with E-state index in [1.54, 1.807) is 0 Å². The second-order valence-electron chi connectivity index (χ2n) is 4.89. The van der Waals surface area contributed by atoms with Gasteiger partial charge in [-0.1, -0.05) is 30.3 Å². The summed E-state index contributed by atoms with van der Waals surface area (Å²) in [6.07, 6.45) is 0. The highest BCUT2D eigenvalue weighted by Gasteiger charge is 2.34. The van der Waals surface area contributed by atoms with E-state index in [9.17, 15) is 4.79 Å². The number of amides is 1. The Kier molecular flexibility index (Phi) is 5.13. The fourth-order valence-corrected chi connectivity index (χ4v) is 3.60. The highest BCUT2D eigenvalue weighted by molar-refractivity contribution is 7.99. The number of hydrogen-bond donors (Lipinski definition) is 1. The van der Waals surface area contributed by atoms with E-state index in [4.69, 9.17) is 0 Å². The molecule has 2 heterocycles. The molecule has 104 valence electrons. The Hall–Kier alpha value is -0.710. The Morgan fingerprint density at radius 2 is 2.00 bits per heavy atom. The second kappa shape index (κ2) is 6.64. The predicted molar refractivity (Wildman–Crippen MR) is 81.8 cm³/mol. The molecule has 3 rings (SSSR count). The lowest BCUT2D eigenvalue weighted by atomic mass is 9.99. The van der Waals surface area contributed by atoms with Gasteiger partial charge in [-0.15, -0.1) is 12.4 Å². The van der Waals surface area contributed by atoms with Gasteiger partial charge in [-0.3, -0.25) is 4.79 Å². The van der Waals surface area contributed by atoms with Gasteiger partial charge in [-0.05, 0) is 5.56 Å². The van der Waals surface area contributed by atoms with Crippen LogP contribution in [0.15, 0.2) is 30.3 Å². The first-order chi connectivity index (χ1) is 8.86. The number of rotatable bonds is 2. The third-order valence-corrected chi connectivity index (χ3v) is 4.75. The van der Waals surface area contributed by atoms with Gasteiger partial charge in [0.25, 0.3) is 0 Å². The highest BCUT2D eigenvalue weighted by atomic mass is 35.5. The molecule has 1 aromatic carbocycles. The van der Waals surface area contributed by atoms with Crippen LogP contribution in [0.4, 0.5) is 0 Å². The monoisotopic (exact) mass is 298 g/mol. The summed E-state index contributed by atoms with van der Waals surface area (Å²) in [5.74, 6) is 2.63. The van der Waals surface area contributed by atoms with Crippen LogP contribution in [0.5, 0.6) is 0 Å². The minimum Gasteiger partial charge on any atom is -0.334 e. The zero-order valence-electron chi connectivity index (χ0n) is 10.7. The van der Waals surface area contributed by atoms with E-state index < -0.39 is 0 Å². The molecule has 19 heavy (non-hydrogen) atoms. The maximum atomic E-state index is 12.4. The summed E-state index contributed by atoms with van der Waals surface area (Å²) in [7, 11) is 0. The van der Waals surface area contributed by atoms with E-state index in [0.717, 1.165) is 31.1 Å². The molecule has 2 fully saturated rings. The molecular weight excluding hydrogens is 280 g/mol. The topological polar surface area (TPSA) is 32.3 Å². The SMILES string of the molecule is Cl.O=C(C1CNC1)N1CCSCC1c1ccccc1. The van der Waals surface area contributed by atoms with Crippen molar-refractivity contribution in [2.75, 3.05) is 31.1 Å². The Morgan fingerprint density at radius 1 is 1.26 bits per heavy atom. The van der Waals surface area contributed by atoms with Crippen LogP contribution in [-0.2, 0) is 4.79 Å². The number of nitrogens with one attached hydrogen (secondary N) is 1. The van der Waals surface area contributed by atoms with Crippen molar-refractivity contribution in [2.45, 2.75) is 6.04 Å². The van der Waals surface area contributed by atoms with Crippen molar-refractivity contribution in [3.8, 4) is 0 Å². The van der Waals surface area contributed by atoms with Crippen molar-refractivity contribution in [2.24, 2.45) is 5.92 Å². The van der Waals surface area contributed by atoms with Crippen molar-refractivity contribution in [3.05, 3.63) is 35.9 Å². The van der Waals surface area contributed by atoms with Gasteiger partial charge in [0.2, 0.25) is 5.91 Å². The molecular formula is C14H19ClN2OS. The molecule has 0 radical (unpaired) electrons. The minimum absolute atomic E-state index is 0. The van der Waals surface area contributed by atoms with E-state index in [1.165, 1.54) is 5.56 Å². The molecule has 1 amide bonds. The van der Waals surface area contributed by atoms with Crippen LogP contribution in [0.25, 0.3) is 0 Å². The first-order valence-corrected chi connectivity index (χ1v) is 7.65. The fourth-order valence-electron chi connectivity index (χ4n) is 2.52. The molecule has 3 nitrogen and oxygen atoms in total. The van der Waals surface area contributed by atoms with Crippen LogP contribution in [0.1, 0.15) is 11.6 Å². The van der Waals surface area contributed by atoms with Gasteiger partial charge in [0, 0.05) is 31.1 Å². The van der Waals surface area contributed by atoms with Gasteiger partial charge in [0.15, 0.2) is 0 Å². The van der Waals surface area contributed by atoms with Crippen molar-refractivity contribution >= 4 is 30.1 Å². The number of halogens is 1. The molecule has 0 saturated carbocycles. The summed E-state index contributed by atoms with van der Waals surface area (Å²) in [5, 5.41) is 3.18. The zero-order valence-corrected chi connectivity index (χ0v) is 12.4. The largest absolute Gasteiger partial charge is 0.334 e. The number of thioether (sulfide) groups is 1. The van der Waals surface area contributed by atoms with Crippen LogP contribution >= 0.6 is 24.2 Å². The third-order valence-electron chi connectivity index (χ3n) is 3.73. The van der Waals surface area contributed by atoms with Crippen molar-refractivity contribution in [1.29, 1.82) is 0 Å². The summed E-state index contributed by atoms with van der Waals surface area (Å²) in [6.45, 7) is 2.59. The Bertz CT molecular complexity index is 425. The Morgan fingerprint density at radius 3 is 2.63 bits per heavy atom. The number of nitrogens with zero attached hydrogens (tertiary/aromatic N) is 1. The standard InChI is InChI=1S/C14H18N2OS.ClH/c17-14(12-8-15-9-12)16-6-7-18-10-13(16)11-4-2-1-3-5-11;/h1-5,12-13,15H,6-10H2;1H. The van der Waals surface area contributed by atoms with E-state index >= 15 is 0 Å². The van der Waals surface area contributed by atoms with Gasteiger partial charge < -0.3 is 10.2 Å². The number of carbonyl (C=O) groups excluding carboxylic acids is 1. The minimum atomic E-state index is 0. The van der Waals surface area contributed by atoms with E-state index in [1.807, 2.05) is 17.8 Å². The normalized spacial score (nSPS) is 23.4. The molecule has 1 N–H and O–H groups in total. The quantitative estimate of drug-likeness (QED) is 0.906. The average Bonchev–Trinajstić information content (AvgIpc) is 2.38. The Labute approximate surface area is 124 Å². The predicted octanol–water partition coefficient (Wildman–Crippen LogP) is 1.94. The smallest absolute Gasteiger partial charge is 0.228 e. The molecule has 5 heteroatoms. The van der Waals surface area contributed by atoms with E-state index in [0.29, 0.717) is 5.91 Å². The van der Waals surface area contributed by atoms with Gasteiger partial charge in [0.05, 0.1) is 12.0 Å². The van der Waals surface area contributed by atoms with E-state index in [2.05, 4.69) is 34.5 Å².